The van der Waals surface area contributed by atoms with Gasteiger partial charge < -0.3 is 9.88 Å². The molecule has 2 aromatic heterocycles. The Hall–Kier alpha value is -2.95. The van der Waals surface area contributed by atoms with Crippen LogP contribution in [0, 0.1) is 6.92 Å². The highest BCUT2D eigenvalue weighted by atomic mass is 16.1. The van der Waals surface area contributed by atoms with Crippen LogP contribution in [0.15, 0.2) is 67.3 Å². The number of carbonyl (C=O) groups excluding carboxylic acids is 1. The Kier molecular flexibility index (Phi) is 5.01. The Morgan fingerprint density at radius 3 is 2.54 bits per heavy atom. The quantitative estimate of drug-likeness (QED) is 0.759. The van der Waals surface area contributed by atoms with Crippen LogP contribution in [0.25, 0.3) is 0 Å². The molecule has 0 radical (unpaired) electrons. The lowest BCUT2D eigenvalue weighted by Crippen LogP contribution is -2.29. The minimum atomic E-state index is -0.0893. The average molecular weight is 320 g/mol. The molecule has 0 aliphatic heterocycles. The molecule has 0 bridgehead atoms. The van der Waals surface area contributed by atoms with Crippen molar-refractivity contribution in [2.75, 3.05) is 0 Å². The van der Waals surface area contributed by atoms with E-state index in [1.54, 1.807) is 30.7 Å². The second-order valence-electron chi connectivity index (χ2n) is 5.63. The Balaban J connectivity index is 1.75. The monoisotopic (exact) mass is 320 g/mol. The molecule has 0 aliphatic carbocycles. The lowest BCUT2D eigenvalue weighted by molar-refractivity contribution is 0.0933. The van der Waals surface area contributed by atoms with Gasteiger partial charge in [0.1, 0.15) is 5.82 Å². The normalized spacial score (nSPS) is 11.9. The van der Waals surface area contributed by atoms with Gasteiger partial charge in [0.2, 0.25) is 0 Å². The molecule has 5 heteroatoms. The average Bonchev–Trinajstić information content (AvgIpc) is 3.05. The summed E-state index contributed by atoms with van der Waals surface area (Å²) in [6.45, 7) is 2.77. The van der Waals surface area contributed by atoms with Crippen LogP contribution in [0.5, 0.6) is 0 Å². The number of benzene rings is 1. The van der Waals surface area contributed by atoms with Crippen molar-refractivity contribution in [2.45, 2.75) is 25.9 Å². The number of nitrogens with zero attached hydrogens (tertiary/aromatic N) is 3. The van der Waals surface area contributed by atoms with Gasteiger partial charge >= 0.3 is 0 Å². The zero-order chi connectivity index (χ0) is 16.8. The van der Waals surface area contributed by atoms with Crippen molar-refractivity contribution >= 4 is 5.91 Å². The van der Waals surface area contributed by atoms with Gasteiger partial charge in [0, 0.05) is 36.9 Å². The molecule has 0 aliphatic rings. The molecule has 5 nitrogen and oxygen atoms in total. The molecule has 24 heavy (non-hydrogen) atoms. The molecule has 1 atom stereocenters. The third-order valence-corrected chi connectivity index (χ3v) is 4.03. The molecule has 0 unspecified atom stereocenters. The molecule has 3 rings (SSSR count). The third kappa shape index (κ3) is 3.87. The fourth-order valence-corrected chi connectivity index (χ4v) is 2.66. The van der Waals surface area contributed by atoms with Gasteiger partial charge in [-0.15, -0.1) is 0 Å². The summed E-state index contributed by atoms with van der Waals surface area (Å²) >= 11 is 0. The second-order valence-corrected chi connectivity index (χ2v) is 5.63. The Morgan fingerprint density at radius 2 is 1.88 bits per heavy atom. The highest BCUT2D eigenvalue weighted by Gasteiger charge is 2.16. The number of amides is 1. The van der Waals surface area contributed by atoms with Crippen LogP contribution < -0.4 is 5.32 Å². The van der Waals surface area contributed by atoms with Gasteiger partial charge in [-0.3, -0.25) is 9.78 Å². The third-order valence-electron chi connectivity index (χ3n) is 4.03. The number of nitrogens with one attached hydrogen (secondary N) is 1. The lowest BCUT2D eigenvalue weighted by Gasteiger charge is -2.20. The molecule has 0 spiro atoms. The first kappa shape index (κ1) is 15.9. The summed E-state index contributed by atoms with van der Waals surface area (Å²) in [7, 11) is 0. The first-order chi connectivity index (χ1) is 11.7. The summed E-state index contributed by atoms with van der Waals surface area (Å²) < 4.78 is 2.09. The smallest absolute Gasteiger partial charge is 0.251 e. The summed E-state index contributed by atoms with van der Waals surface area (Å²) in [5.74, 6) is 0.885. The fraction of sp³-hybridized carbons (Fsp3) is 0.211. The van der Waals surface area contributed by atoms with Crippen molar-refractivity contribution in [3.05, 3.63) is 84.2 Å². The molecule has 1 amide bonds. The number of aromatic nitrogens is 3. The van der Waals surface area contributed by atoms with E-state index in [0.29, 0.717) is 5.56 Å². The zero-order valence-corrected chi connectivity index (χ0v) is 13.6. The largest absolute Gasteiger partial charge is 0.345 e. The molecular weight excluding hydrogens is 300 g/mol. The van der Waals surface area contributed by atoms with Gasteiger partial charge in [-0.1, -0.05) is 30.3 Å². The number of imidazole rings is 1. The van der Waals surface area contributed by atoms with Gasteiger partial charge in [0.15, 0.2) is 0 Å². The minimum absolute atomic E-state index is 0.0614. The van der Waals surface area contributed by atoms with E-state index < -0.39 is 0 Å². The van der Waals surface area contributed by atoms with E-state index >= 15 is 0 Å². The number of pyridine rings is 1. The summed E-state index contributed by atoms with van der Waals surface area (Å²) in [4.78, 5) is 20.7. The molecule has 2 heterocycles. The fourth-order valence-electron chi connectivity index (χ4n) is 2.66. The van der Waals surface area contributed by atoms with Gasteiger partial charge in [-0.25, -0.2) is 4.98 Å². The summed E-state index contributed by atoms with van der Waals surface area (Å²) in [5.41, 5.74) is 1.71. The van der Waals surface area contributed by atoms with Crippen molar-refractivity contribution in [1.82, 2.24) is 19.9 Å². The first-order valence-corrected chi connectivity index (χ1v) is 7.97. The second kappa shape index (κ2) is 7.55. The molecule has 0 saturated carbocycles. The van der Waals surface area contributed by atoms with Crippen molar-refractivity contribution in [2.24, 2.45) is 0 Å². The van der Waals surface area contributed by atoms with Crippen molar-refractivity contribution in [3.8, 4) is 0 Å². The van der Waals surface area contributed by atoms with Gasteiger partial charge in [-0.05, 0) is 31.0 Å². The maximum absolute atomic E-state index is 12.5. The molecule has 1 N–H and O–H groups in total. The van der Waals surface area contributed by atoms with E-state index in [4.69, 9.17) is 0 Å². The van der Waals surface area contributed by atoms with Crippen LogP contribution >= 0.6 is 0 Å². The summed E-state index contributed by atoms with van der Waals surface area (Å²) in [6, 6.07) is 13.4. The van der Waals surface area contributed by atoms with E-state index in [9.17, 15) is 4.79 Å². The topological polar surface area (TPSA) is 59.8 Å². The van der Waals surface area contributed by atoms with Crippen molar-refractivity contribution in [1.29, 1.82) is 0 Å². The first-order valence-electron chi connectivity index (χ1n) is 7.97. The zero-order valence-electron chi connectivity index (χ0n) is 13.6. The Morgan fingerprint density at radius 1 is 1.12 bits per heavy atom. The highest BCUT2D eigenvalue weighted by molar-refractivity contribution is 5.94. The number of rotatable bonds is 6. The number of carbonyl (C=O) groups is 1. The van der Waals surface area contributed by atoms with Gasteiger partial charge in [0.05, 0.1) is 6.04 Å². The van der Waals surface area contributed by atoms with E-state index in [2.05, 4.69) is 19.9 Å². The molecule has 3 aromatic rings. The SMILES string of the molecule is Cc1nccn1CC[C@H](NC(=O)c1ccncc1)c1ccccc1. The molecule has 0 fully saturated rings. The van der Waals surface area contributed by atoms with E-state index in [-0.39, 0.29) is 11.9 Å². The van der Waals surface area contributed by atoms with Crippen LogP contribution in [-0.2, 0) is 6.54 Å². The predicted octanol–water partition coefficient (Wildman–Crippen LogP) is 3.15. The van der Waals surface area contributed by atoms with Crippen molar-refractivity contribution < 1.29 is 4.79 Å². The Labute approximate surface area is 141 Å². The van der Waals surface area contributed by atoms with E-state index in [0.717, 1.165) is 24.4 Å². The molecule has 1 aromatic carbocycles. The number of hydrogen-bond donors (Lipinski definition) is 1. The maximum atomic E-state index is 12.5. The molecule has 122 valence electrons. The van der Waals surface area contributed by atoms with E-state index in [1.165, 1.54) is 0 Å². The Bertz CT molecular complexity index is 783. The maximum Gasteiger partial charge on any atom is 0.251 e. The van der Waals surface area contributed by atoms with Crippen LogP contribution in [0.2, 0.25) is 0 Å². The standard InChI is InChI=1S/C19H20N4O/c1-15-21-12-14-23(15)13-9-18(16-5-3-2-4-6-16)22-19(24)17-7-10-20-11-8-17/h2-8,10-12,14,18H,9,13H2,1H3,(H,22,24)/t18-/m0/s1. The lowest BCUT2D eigenvalue weighted by atomic mass is 10.0. The highest BCUT2D eigenvalue weighted by Crippen LogP contribution is 2.18. The molecular formula is C19H20N4O. The number of hydrogen-bond acceptors (Lipinski definition) is 3. The van der Waals surface area contributed by atoms with Gasteiger partial charge in [0.25, 0.3) is 5.91 Å². The van der Waals surface area contributed by atoms with Gasteiger partial charge in [-0.2, -0.15) is 0 Å². The van der Waals surface area contributed by atoms with E-state index in [1.807, 2.05) is 43.5 Å². The van der Waals surface area contributed by atoms with Crippen LogP contribution in [-0.4, -0.2) is 20.4 Å². The van der Waals surface area contributed by atoms with Crippen molar-refractivity contribution in [3.63, 3.8) is 0 Å². The summed E-state index contributed by atoms with van der Waals surface area (Å²) in [5, 5.41) is 3.13. The van der Waals surface area contributed by atoms with Crippen LogP contribution in [0.4, 0.5) is 0 Å². The summed E-state index contributed by atoms with van der Waals surface area (Å²) in [6.07, 6.45) is 7.80. The predicted molar refractivity (Wildman–Crippen MR) is 92.5 cm³/mol. The minimum Gasteiger partial charge on any atom is -0.345 e. The van der Waals surface area contributed by atoms with Crippen LogP contribution in [0.1, 0.15) is 34.2 Å². The van der Waals surface area contributed by atoms with Crippen LogP contribution in [0.3, 0.4) is 0 Å². The molecule has 0 saturated heterocycles. The number of aryl methyl sites for hydroxylation is 2.